The van der Waals surface area contributed by atoms with E-state index in [4.69, 9.17) is 9.47 Å². The average Bonchev–Trinajstić information content (AvgIpc) is 3.32. The summed E-state index contributed by atoms with van der Waals surface area (Å²) in [6.45, 7) is 1.38. The Bertz CT molecular complexity index is 1220. The van der Waals surface area contributed by atoms with Crippen molar-refractivity contribution in [3.05, 3.63) is 70.6 Å². The number of methoxy groups -OCH3 is 1. The summed E-state index contributed by atoms with van der Waals surface area (Å²) in [5, 5.41) is 33.2. The molecule has 2 aromatic carbocycles. The highest BCUT2D eigenvalue weighted by Gasteiger charge is 2.51. The van der Waals surface area contributed by atoms with E-state index in [-0.39, 0.29) is 50.0 Å². The van der Waals surface area contributed by atoms with Gasteiger partial charge in [-0.15, -0.1) is 0 Å². The molecule has 2 aliphatic rings. The molecule has 2 amide bonds. The first-order valence-corrected chi connectivity index (χ1v) is 12.6. The molecule has 0 spiro atoms. The molecule has 0 saturated carbocycles. The van der Waals surface area contributed by atoms with E-state index >= 15 is 0 Å². The van der Waals surface area contributed by atoms with Gasteiger partial charge >= 0.3 is 0 Å². The zero-order valence-corrected chi connectivity index (χ0v) is 21.4. The lowest BCUT2D eigenvalue weighted by molar-refractivity contribution is -0.136. The molecule has 0 aromatic heterocycles. The standard InChI is InChI=1S/C28H33FN2O7/c1-3-23(34)31(9-7-16-5-4-6-18(29)11-16)21-14-20(28(36)30-8-10-32)24-19-12-17(15-33)13-22(37-2)26(19)38-27(24)25(21)35/h4-6,11-14,21,24-25,27,32-33,35H,3,7-10,15H2,1-2H3,(H,30,36). The Kier molecular flexibility index (Phi) is 8.65. The molecule has 1 heterocycles. The SMILES string of the molecule is CCC(=O)N(CCc1cccc(F)c1)C1C=C(C(=O)NCCO)C2c3cc(CO)cc(OC)c3OC2C1O. The highest BCUT2D eigenvalue weighted by Crippen LogP contribution is 2.51. The van der Waals surface area contributed by atoms with Gasteiger partial charge in [-0.05, 0) is 47.9 Å². The summed E-state index contributed by atoms with van der Waals surface area (Å²) in [4.78, 5) is 27.9. The van der Waals surface area contributed by atoms with E-state index in [2.05, 4.69) is 5.32 Å². The molecule has 38 heavy (non-hydrogen) atoms. The van der Waals surface area contributed by atoms with Gasteiger partial charge in [0.2, 0.25) is 11.8 Å². The van der Waals surface area contributed by atoms with Crippen LogP contribution in [0.5, 0.6) is 11.5 Å². The van der Waals surface area contributed by atoms with Gasteiger partial charge < -0.3 is 35.0 Å². The fraction of sp³-hybridized carbons (Fsp3) is 0.429. The predicted octanol–water partition coefficient (Wildman–Crippen LogP) is 1.43. The van der Waals surface area contributed by atoms with Gasteiger partial charge in [0.15, 0.2) is 11.5 Å². The number of halogens is 1. The fourth-order valence-electron chi connectivity index (χ4n) is 5.20. The molecule has 4 atom stereocenters. The molecule has 0 saturated heterocycles. The number of benzene rings is 2. The Morgan fingerprint density at radius 3 is 2.63 bits per heavy atom. The lowest BCUT2D eigenvalue weighted by atomic mass is 9.77. The number of amides is 2. The maximum atomic E-state index is 13.7. The van der Waals surface area contributed by atoms with Gasteiger partial charge in [0, 0.05) is 30.6 Å². The van der Waals surface area contributed by atoms with Crippen molar-refractivity contribution in [1.82, 2.24) is 10.2 Å². The molecule has 204 valence electrons. The second-order valence-electron chi connectivity index (χ2n) is 9.34. The highest BCUT2D eigenvalue weighted by molar-refractivity contribution is 5.96. The van der Waals surface area contributed by atoms with E-state index < -0.39 is 30.1 Å². The summed E-state index contributed by atoms with van der Waals surface area (Å²) in [5.74, 6) is -1.08. The minimum atomic E-state index is -1.20. The summed E-state index contributed by atoms with van der Waals surface area (Å²) in [7, 11) is 1.46. The molecule has 0 bridgehead atoms. The summed E-state index contributed by atoms with van der Waals surface area (Å²) in [5.41, 5.74) is 2.09. The molecule has 4 N–H and O–H groups in total. The van der Waals surface area contributed by atoms with Crippen molar-refractivity contribution in [1.29, 1.82) is 0 Å². The van der Waals surface area contributed by atoms with Crippen molar-refractivity contribution in [2.24, 2.45) is 0 Å². The van der Waals surface area contributed by atoms with Crippen LogP contribution in [0.2, 0.25) is 0 Å². The molecule has 4 unspecified atom stereocenters. The van der Waals surface area contributed by atoms with Gasteiger partial charge in [-0.2, -0.15) is 0 Å². The summed E-state index contributed by atoms with van der Waals surface area (Å²) >= 11 is 0. The van der Waals surface area contributed by atoms with Crippen molar-refractivity contribution in [3.63, 3.8) is 0 Å². The number of aliphatic hydroxyl groups is 3. The topological polar surface area (TPSA) is 129 Å². The Labute approximate surface area is 220 Å². The first-order valence-electron chi connectivity index (χ1n) is 12.6. The van der Waals surface area contributed by atoms with Gasteiger partial charge in [0.05, 0.1) is 32.3 Å². The van der Waals surface area contributed by atoms with Crippen LogP contribution in [0.15, 0.2) is 48.0 Å². The highest BCUT2D eigenvalue weighted by atomic mass is 19.1. The monoisotopic (exact) mass is 528 g/mol. The minimum Gasteiger partial charge on any atom is -0.493 e. The Morgan fingerprint density at radius 1 is 1.18 bits per heavy atom. The van der Waals surface area contributed by atoms with Crippen LogP contribution in [0.1, 0.15) is 36.0 Å². The van der Waals surface area contributed by atoms with E-state index in [1.807, 2.05) is 0 Å². The van der Waals surface area contributed by atoms with E-state index in [0.717, 1.165) is 0 Å². The van der Waals surface area contributed by atoms with E-state index in [9.17, 15) is 29.3 Å². The second-order valence-corrected chi connectivity index (χ2v) is 9.34. The molecule has 4 rings (SSSR count). The number of rotatable bonds is 10. The summed E-state index contributed by atoms with van der Waals surface area (Å²) in [6.07, 6.45) is -0.0372. The first-order chi connectivity index (χ1) is 18.3. The predicted molar refractivity (Wildman–Crippen MR) is 136 cm³/mol. The molecule has 1 aliphatic heterocycles. The van der Waals surface area contributed by atoms with Crippen LogP contribution >= 0.6 is 0 Å². The fourth-order valence-corrected chi connectivity index (χ4v) is 5.20. The van der Waals surface area contributed by atoms with Gasteiger partial charge in [0.1, 0.15) is 18.0 Å². The van der Waals surface area contributed by atoms with Crippen LogP contribution in [-0.4, -0.2) is 77.1 Å². The largest absolute Gasteiger partial charge is 0.493 e. The van der Waals surface area contributed by atoms with Crippen LogP contribution < -0.4 is 14.8 Å². The zero-order chi connectivity index (χ0) is 27.4. The Hall–Kier alpha value is -3.47. The summed E-state index contributed by atoms with van der Waals surface area (Å²) in [6, 6.07) is 8.53. The number of nitrogens with one attached hydrogen (secondary N) is 1. The van der Waals surface area contributed by atoms with Crippen LogP contribution in [0.25, 0.3) is 0 Å². The van der Waals surface area contributed by atoms with Crippen molar-refractivity contribution >= 4 is 11.8 Å². The molecule has 1 aliphatic carbocycles. The van der Waals surface area contributed by atoms with Gasteiger partial charge in [0.25, 0.3) is 0 Å². The van der Waals surface area contributed by atoms with Crippen LogP contribution in [0.4, 0.5) is 4.39 Å². The molecule has 0 radical (unpaired) electrons. The molecular weight excluding hydrogens is 495 g/mol. The number of aliphatic hydroxyl groups excluding tert-OH is 3. The lowest BCUT2D eigenvalue weighted by Gasteiger charge is -2.40. The quantitative estimate of drug-likeness (QED) is 0.367. The third kappa shape index (κ3) is 5.38. The third-order valence-electron chi connectivity index (χ3n) is 7.01. The minimum absolute atomic E-state index is 0.0195. The zero-order valence-electron chi connectivity index (χ0n) is 21.4. The number of nitrogens with zero attached hydrogens (tertiary/aromatic N) is 1. The Morgan fingerprint density at radius 2 is 1.97 bits per heavy atom. The maximum Gasteiger partial charge on any atom is 0.247 e. The molecular formula is C28H33FN2O7. The van der Waals surface area contributed by atoms with Crippen LogP contribution in [0.3, 0.4) is 0 Å². The van der Waals surface area contributed by atoms with Crippen molar-refractivity contribution in [3.8, 4) is 11.5 Å². The normalized spacial score (nSPS) is 21.6. The number of hydrogen-bond acceptors (Lipinski definition) is 7. The van der Waals surface area contributed by atoms with E-state index in [1.165, 1.54) is 24.1 Å². The summed E-state index contributed by atoms with van der Waals surface area (Å²) < 4.78 is 25.4. The number of fused-ring (bicyclic) bond motifs is 3. The van der Waals surface area contributed by atoms with E-state index in [1.54, 1.807) is 37.3 Å². The van der Waals surface area contributed by atoms with Crippen molar-refractivity contribution in [2.45, 2.75) is 50.5 Å². The maximum absolute atomic E-state index is 13.7. The molecule has 0 fully saturated rings. The number of carbonyl (C=O) groups excluding carboxylic acids is 2. The van der Waals surface area contributed by atoms with Gasteiger partial charge in [-0.3, -0.25) is 9.59 Å². The molecule has 2 aromatic rings. The van der Waals surface area contributed by atoms with Gasteiger partial charge in [-0.25, -0.2) is 4.39 Å². The Balaban J connectivity index is 1.75. The van der Waals surface area contributed by atoms with Crippen molar-refractivity contribution in [2.75, 3.05) is 26.8 Å². The van der Waals surface area contributed by atoms with Crippen molar-refractivity contribution < 1.29 is 38.8 Å². The molecule has 9 nitrogen and oxygen atoms in total. The second kappa shape index (κ2) is 11.9. The van der Waals surface area contributed by atoms with Crippen LogP contribution in [-0.2, 0) is 22.6 Å². The average molecular weight is 529 g/mol. The van der Waals surface area contributed by atoms with E-state index in [0.29, 0.717) is 34.6 Å². The number of ether oxygens (including phenoxy) is 2. The van der Waals surface area contributed by atoms with Gasteiger partial charge in [-0.1, -0.05) is 19.1 Å². The number of carbonyl (C=O) groups is 2. The molecule has 10 heteroatoms. The smallest absolute Gasteiger partial charge is 0.247 e. The number of hydrogen-bond donors (Lipinski definition) is 4. The third-order valence-corrected chi connectivity index (χ3v) is 7.01. The van der Waals surface area contributed by atoms with Crippen LogP contribution in [0, 0.1) is 5.82 Å². The lowest BCUT2D eigenvalue weighted by Crippen LogP contribution is -2.56. The first kappa shape index (κ1) is 27.6.